The molecular formula is C11H7BrCl2N2O2S. The molecule has 4 nitrogen and oxygen atoms in total. The van der Waals surface area contributed by atoms with E-state index in [-0.39, 0.29) is 20.8 Å². The van der Waals surface area contributed by atoms with E-state index in [4.69, 9.17) is 23.2 Å². The SMILES string of the molecule is O=S(=O)(Nc1cc(Br)cnc1Cl)c1ccccc1Cl. The number of halogens is 3. The average Bonchev–Trinajstić information content (AvgIpc) is 2.34. The number of anilines is 1. The van der Waals surface area contributed by atoms with E-state index in [1.807, 2.05) is 0 Å². The van der Waals surface area contributed by atoms with Crippen LogP contribution >= 0.6 is 39.1 Å². The van der Waals surface area contributed by atoms with Gasteiger partial charge in [0.1, 0.15) is 4.90 Å². The smallest absolute Gasteiger partial charge is 0.263 e. The predicted octanol–water partition coefficient (Wildman–Crippen LogP) is 3.95. The van der Waals surface area contributed by atoms with Crippen LogP contribution in [0.1, 0.15) is 0 Å². The van der Waals surface area contributed by atoms with Crippen molar-refractivity contribution in [2.24, 2.45) is 0 Å². The Balaban J connectivity index is 2.43. The highest BCUT2D eigenvalue weighted by molar-refractivity contribution is 9.10. The number of aromatic nitrogens is 1. The molecule has 0 saturated carbocycles. The van der Waals surface area contributed by atoms with Gasteiger partial charge in [0.05, 0.1) is 10.7 Å². The minimum absolute atomic E-state index is 0.0206. The lowest BCUT2D eigenvalue weighted by atomic mass is 10.4. The second-order valence-corrected chi connectivity index (χ2v) is 6.86. The highest BCUT2D eigenvalue weighted by atomic mass is 79.9. The summed E-state index contributed by atoms with van der Waals surface area (Å²) in [5, 5.41) is 0.188. The summed E-state index contributed by atoms with van der Waals surface area (Å²) in [6.07, 6.45) is 1.47. The molecule has 0 aliphatic carbocycles. The topological polar surface area (TPSA) is 59.1 Å². The zero-order valence-corrected chi connectivity index (χ0v) is 13.2. The number of benzene rings is 1. The van der Waals surface area contributed by atoms with Gasteiger partial charge in [-0.25, -0.2) is 13.4 Å². The standard InChI is InChI=1S/C11H7BrCl2N2O2S/c12-7-5-9(11(14)15-6-7)16-19(17,18)10-4-2-1-3-8(10)13/h1-6,16H. The van der Waals surface area contributed by atoms with Crippen molar-refractivity contribution in [3.8, 4) is 0 Å². The first-order chi connectivity index (χ1) is 8.90. The molecule has 0 unspecified atom stereocenters. The van der Waals surface area contributed by atoms with Gasteiger partial charge in [-0.05, 0) is 34.1 Å². The number of pyridine rings is 1. The van der Waals surface area contributed by atoms with E-state index in [1.54, 1.807) is 12.1 Å². The third-order valence-corrected chi connectivity index (χ3v) is 4.78. The van der Waals surface area contributed by atoms with Crippen molar-refractivity contribution < 1.29 is 8.42 Å². The molecule has 100 valence electrons. The highest BCUT2D eigenvalue weighted by Gasteiger charge is 2.19. The van der Waals surface area contributed by atoms with E-state index < -0.39 is 10.0 Å². The third-order valence-electron chi connectivity index (χ3n) is 2.18. The molecule has 0 aliphatic heterocycles. The molecule has 1 N–H and O–H groups in total. The number of nitrogens with one attached hydrogen (secondary N) is 1. The number of nitrogens with zero attached hydrogens (tertiary/aromatic N) is 1. The molecule has 19 heavy (non-hydrogen) atoms. The van der Waals surface area contributed by atoms with Gasteiger partial charge >= 0.3 is 0 Å². The van der Waals surface area contributed by atoms with Gasteiger partial charge in [0.2, 0.25) is 0 Å². The lowest BCUT2D eigenvalue weighted by Crippen LogP contribution is -2.14. The largest absolute Gasteiger partial charge is 0.276 e. The molecule has 1 aromatic carbocycles. The fourth-order valence-corrected chi connectivity index (χ4v) is 3.47. The molecule has 0 bridgehead atoms. The molecule has 0 amide bonds. The number of hydrogen-bond donors (Lipinski definition) is 1. The molecule has 0 fully saturated rings. The Labute approximate surface area is 128 Å². The number of hydrogen-bond acceptors (Lipinski definition) is 3. The van der Waals surface area contributed by atoms with Crippen molar-refractivity contribution in [3.63, 3.8) is 0 Å². The van der Waals surface area contributed by atoms with E-state index in [0.29, 0.717) is 4.47 Å². The van der Waals surface area contributed by atoms with Crippen LogP contribution in [0.5, 0.6) is 0 Å². The average molecular weight is 382 g/mol. The Morgan fingerprint density at radius 3 is 2.58 bits per heavy atom. The summed E-state index contributed by atoms with van der Waals surface area (Å²) in [6, 6.07) is 7.65. The highest BCUT2D eigenvalue weighted by Crippen LogP contribution is 2.28. The summed E-state index contributed by atoms with van der Waals surface area (Å²) in [5.41, 5.74) is 0.177. The number of rotatable bonds is 3. The molecule has 2 aromatic rings. The van der Waals surface area contributed by atoms with Crippen molar-refractivity contribution in [3.05, 3.63) is 51.2 Å². The summed E-state index contributed by atoms with van der Waals surface area (Å²) in [5.74, 6) is 0. The van der Waals surface area contributed by atoms with Crippen LogP contribution in [0.15, 0.2) is 45.9 Å². The Hall–Kier alpha value is -0.820. The van der Waals surface area contributed by atoms with Gasteiger partial charge in [-0.3, -0.25) is 4.72 Å². The summed E-state index contributed by atoms with van der Waals surface area (Å²) >= 11 is 14.9. The maximum absolute atomic E-state index is 12.2. The Kier molecular flexibility index (Phi) is 4.35. The molecule has 1 heterocycles. The third kappa shape index (κ3) is 3.39. The van der Waals surface area contributed by atoms with Gasteiger partial charge < -0.3 is 0 Å². The molecule has 0 radical (unpaired) electrons. The maximum atomic E-state index is 12.2. The van der Waals surface area contributed by atoms with Gasteiger partial charge in [0.25, 0.3) is 10.0 Å². The van der Waals surface area contributed by atoms with Crippen molar-refractivity contribution in [1.29, 1.82) is 0 Å². The number of sulfonamides is 1. The van der Waals surface area contributed by atoms with E-state index in [9.17, 15) is 8.42 Å². The summed E-state index contributed by atoms with van der Waals surface area (Å²) < 4.78 is 27.3. The Morgan fingerprint density at radius 2 is 1.89 bits per heavy atom. The molecule has 8 heteroatoms. The summed E-state index contributed by atoms with van der Waals surface area (Å²) in [4.78, 5) is 3.82. The molecule has 1 aromatic heterocycles. The first-order valence-electron chi connectivity index (χ1n) is 4.98. The van der Waals surface area contributed by atoms with Crippen LogP contribution in [0.3, 0.4) is 0 Å². The quantitative estimate of drug-likeness (QED) is 0.818. The molecule has 0 saturated heterocycles. The van der Waals surface area contributed by atoms with Crippen molar-refractivity contribution in [1.82, 2.24) is 4.98 Å². The zero-order valence-electron chi connectivity index (χ0n) is 9.27. The monoisotopic (exact) mass is 380 g/mol. The Morgan fingerprint density at radius 1 is 1.21 bits per heavy atom. The van der Waals surface area contributed by atoms with Crippen molar-refractivity contribution in [2.45, 2.75) is 4.90 Å². The Bertz CT molecular complexity index is 722. The zero-order chi connectivity index (χ0) is 14.0. The van der Waals surface area contributed by atoms with Crippen molar-refractivity contribution in [2.75, 3.05) is 4.72 Å². The molecule has 2 rings (SSSR count). The van der Waals surface area contributed by atoms with Crippen molar-refractivity contribution >= 4 is 54.8 Å². The van der Waals surface area contributed by atoms with Crippen LogP contribution in [0.25, 0.3) is 0 Å². The van der Waals surface area contributed by atoms with E-state index in [0.717, 1.165) is 0 Å². The van der Waals surface area contributed by atoms with Gasteiger partial charge in [-0.2, -0.15) is 0 Å². The first kappa shape index (κ1) is 14.6. The fourth-order valence-electron chi connectivity index (χ4n) is 1.36. The van der Waals surface area contributed by atoms with Crippen LogP contribution in [-0.4, -0.2) is 13.4 Å². The predicted molar refractivity (Wildman–Crippen MR) is 79.2 cm³/mol. The molecule has 0 aliphatic rings. The first-order valence-corrected chi connectivity index (χ1v) is 8.02. The minimum Gasteiger partial charge on any atom is -0.276 e. The van der Waals surface area contributed by atoms with Crippen LogP contribution in [0, 0.1) is 0 Å². The van der Waals surface area contributed by atoms with Gasteiger partial charge in [-0.1, -0.05) is 35.3 Å². The normalized spacial score (nSPS) is 11.3. The molecule has 0 atom stereocenters. The maximum Gasteiger partial charge on any atom is 0.263 e. The molecular weight excluding hydrogens is 375 g/mol. The van der Waals surface area contributed by atoms with Crippen LogP contribution in [0.4, 0.5) is 5.69 Å². The summed E-state index contributed by atoms with van der Waals surface area (Å²) in [6.45, 7) is 0. The van der Waals surface area contributed by atoms with Gasteiger partial charge in [0.15, 0.2) is 5.15 Å². The minimum atomic E-state index is -3.81. The van der Waals surface area contributed by atoms with Crippen LogP contribution < -0.4 is 4.72 Å². The van der Waals surface area contributed by atoms with E-state index in [2.05, 4.69) is 25.6 Å². The van der Waals surface area contributed by atoms with E-state index in [1.165, 1.54) is 24.4 Å². The second kappa shape index (κ2) is 5.66. The van der Waals surface area contributed by atoms with Gasteiger partial charge in [-0.15, -0.1) is 0 Å². The second-order valence-electron chi connectivity index (χ2n) is 3.53. The van der Waals surface area contributed by atoms with Crippen LogP contribution in [-0.2, 0) is 10.0 Å². The van der Waals surface area contributed by atoms with Gasteiger partial charge in [0, 0.05) is 10.7 Å². The summed E-state index contributed by atoms with van der Waals surface area (Å²) in [7, 11) is -3.81. The fraction of sp³-hybridized carbons (Fsp3) is 0. The lowest BCUT2D eigenvalue weighted by molar-refractivity contribution is 0.601. The lowest BCUT2D eigenvalue weighted by Gasteiger charge is -2.10. The van der Waals surface area contributed by atoms with Crippen LogP contribution in [0.2, 0.25) is 10.2 Å². The molecule has 0 spiro atoms. The van der Waals surface area contributed by atoms with E-state index >= 15 is 0 Å².